The third-order valence-corrected chi connectivity index (χ3v) is 3.30. The largest absolute Gasteiger partial charge is 0.366 e. The molecule has 0 unspecified atom stereocenters. The minimum Gasteiger partial charge on any atom is -0.366 e. The zero-order valence-electron chi connectivity index (χ0n) is 8.97. The molecule has 1 aromatic heterocycles. The van der Waals surface area contributed by atoms with E-state index in [0.29, 0.717) is 0 Å². The first kappa shape index (κ1) is 12.6. The Balaban J connectivity index is 3.28. The van der Waals surface area contributed by atoms with Gasteiger partial charge in [-0.05, 0) is 26.0 Å². The lowest BCUT2D eigenvalue weighted by atomic mass is 10.3. The van der Waals surface area contributed by atoms with Gasteiger partial charge in [0.2, 0.25) is 0 Å². The van der Waals surface area contributed by atoms with Crippen LogP contribution in [0, 0.1) is 0 Å². The summed E-state index contributed by atoms with van der Waals surface area (Å²) in [6.07, 6.45) is 1.29. The maximum absolute atomic E-state index is 11.8. The molecule has 0 aromatic carbocycles. The summed E-state index contributed by atoms with van der Waals surface area (Å²) in [7, 11) is -3.80. The normalized spacial score (nSPS) is 11.7. The molecule has 0 radical (unpaired) electrons. The number of aromatic nitrogens is 1. The number of sulfonamides is 1. The maximum atomic E-state index is 11.8. The molecule has 7 heteroatoms. The van der Waals surface area contributed by atoms with Gasteiger partial charge < -0.3 is 5.73 Å². The first-order valence-corrected chi connectivity index (χ1v) is 6.10. The molecule has 0 aliphatic heterocycles. The summed E-state index contributed by atoms with van der Waals surface area (Å²) >= 11 is 0. The highest BCUT2D eigenvalue weighted by Crippen LogP contribution is 2.11. The van der Waals surface area contributed by atoms with Gasteiger partial charge in [0.1, 0.15) is 0 Å². The maximum Gasteiger partial charge on any atom is 0.259 e. The van der Waals surface area contributed by atoms with Gasteiger partial charge in [-0.25, -0.2) is 18.1 Å². The molecule has 1 heterocycles. The highest BCUT2D eigenvalue weighted by Gasteiger charge is 2.23. The summed E-state index contributed by atoms with van der Waals surface area (Å²) in [6, 6.07) is 2.49. The third-order valence-electron chi connectivity index (χ3n) is 1.68. The quantitative estimate of drug-likeness (QED) is 0.768. The van der Waals surface area contributed by atoms with Crippen molar-refractivity contribution >= 4 is 15.9 Å². The number of hydrogen-bond acceptors (Lipinski definition) is 4. The van der Waals surface area contributed by atoms with E-state index in [2.05, 4.69) is 9.71 Å². The number of nitrogens with two attached hydrogens (primary N) is 1. The van der Waals surface area contributed by atoms with E-state index in [1.807, 2.05) is 0 Å². The van der Waals surface area contributed by atoms with Gasteiger partial charge in [-0.15, -0.1) is 0 Å². The topological polar surface area (TPSA) is 102 Å². The van der Waals surface area contributed by atoms with E-state index >= 15 is 0 Å². The van der Waals surface area contributed by atoms with E-state index in [1.165, 1.54) is 18.3 Å². The molecule has 0 aliphatic carbocycles. The molecule has 0 saturated carbocycles. The fourth-order valence-electron chi connectivity index (χ4n) is 1.16. The summed E-state index contributed by atoms with van der Waals surface area (Å²) in [5.41, 5.74) is 4.96. The van der Waals surface area contributed by atoms with Crippen molar-refractivity contribution < 1.29 is 13.2 Å². The van der Waals surface area contributed by atoms with Crippen molar-refractivity contribution in [2.75, 3.05) is 0 Å². The zero-order chi connectivity index (χ0) is 12.3. The van der Waals surface area contributed by atoms with E-state index in [0.717, 1.165) is 0 Å². The number of carbonyl (C=O) groups is 1. The lowest BCUT2D eigenvalue weighted by Gasteiger charge is -2.10. The lowest BCUT2D eigenvalue weighted by molar-refractivity contribution is 0.0996. The van der Waals surface area contributed by atoms with Crippen molar-refractivity contribution in [2.45, 2.75) is 24.9 Å². The molecule has 0 atom stereocenters. The molecule has 1 rings (SSSR count). The molecule has 1 amide bonds. The van der Waals surface area contributed by atoms with Crippen LogP contribution in [0.1, 0.15) is 24.2 Å². The fraction of sp³-hybridized carbons (Fsp3) is 0.333. The Kier molecular flexibility index (Phi) is 3.61. The zero-order valence-corrected chi connectivity index (χ0v) is 9.78. The van der Waals surface area contributed by atoms with Crippen LogP contribution in [-0.2, 0) is 10.0 Å². The second-order valence-corrected chi connectivity index (χ2v) is 5.13. The fourth-order valence-corrected chi connectivity index (χ4v) is 2.55. The first-order valence-electron chi connectivity index (χ1n) is 4.61. The Morgan fingerprint density at radius 1 is 1.50 bits per heavy atom. The standard InChI is InChI=1S/C9H13N3O3S/c1-6(2)12-16(14,15)9-7(8(10)13)4-3-5-11-9/h3-6,12H,1-2H3,(H2,10,13). The smallest absolute Gasteiger partial charge is 0.259 e. The second-order valence-electron chi connectivity index (χ2n) is 3.50. The third kappa shape index (κ3) is 2.77. The molecular weight excluding hydrogens is 230 g/mol. The van der Waals surface area contributed by atoms with E-state index in [1.54, 1.807) is 13.8 Å². The van der Waals surface area contributed by atoms with Gasteiger partial charge >= 0.3 is 0 Å². The Labute approximate surface area is 93.9 Å². The van der Waals surface area contributed by atoms with Crippen molar-refractivity contribution in [1.29, 1.82) is 0 Å². The van der Waals surface area contributed by atoms with Crippen LogP contribution in [0.3, 0.4) is 0 Å². The molecule has 0 saturated heterocycles. The van der Waals surface area contributed by atoms with Crippen molar-refractivity contribution in [3.05, 3.63) is 23.9 Å². The minimum absolute atomic E-state index is 0.115. The summed E-state index contributed by atoms with van der Waals surface area (Å²) in [6.45, 7) is 3.34. The van der Waals surface area contributed by atoms with Gasteiger partial charge in [0.15, 0.2) is 5.03 Å². The number of rotatable bonds is 4. The number of carbonyl (C=O) groups excluding carboxylic acids is 1. The number of pyridine rings is 1. The molecule has 0 aliphatic rings. The van der Waals surface area contributed by atoms with E-state index in [4.69, 9.17) is 5.73 Å². The van der Waals surface area contributed by atoms with Gasteiger partial charge in [0.05, 0.1) is 5.56 Å². The predicted octanol–water partition coefficient (Wildman–Crippen LogP) is -0.133. The average Bonchev–Trinajstić information content (AvgIpc) is 2.15. The summed E-state index contributed by atoms with van der Waals surface area (Å²) in [5, 5.41) is -0.337. The SMILES string of the molecule is CC(C)NS(=O)(=O)c1ncccc1C(N)=O. The van der Waals surface area contributed by atoms with Gasteiger partial charge in [-0.3, -0.25) is 4.79 Å². The van der Waals surface area contributed by atoms with Crippen LogP contribution in [0.5, 0.6) is 0 Å². The van der Waals surface area contributed by atoms with Crippen LogP contribution in [-0.4, -0.2) is 25.4 Å². The average molecular weight is 243 g/mol. The highest BCUT2D eigenvalue weighted by atomic mass is 32.2. The molecule has 16 heavy (non-hydrogen) atoms. The second kappa shape index (κ2) is 4.58. The van der Waals surface area contributed by atoms with Crippen LogP contribution in [0.4, 0.5) is 0 Å². The Bertz CT molecular complexity index is 496. The molecule has 0 bridgehead atoms. The Morgan fingerprint density at radius 2 is 2.12 bits per heavy atom. The van der Waals surface area contributed by atoms with Gasteiger partial charge in [0.25, 0.3) is 15.9 Å². The molecule has 6 nitrogen and oxygen atoms in total. The monoisotopic (exact) mass is 243 g/mol. The van der Waals surface area contributed by atoms with E-state index < -0.39 is 15.9 Å². The number of nitrogens with one attached hydrogen (secondary N) is 1. The van der Waals surface area contributed by atoms with Crippen molar-refractivity contribution in [2.24, 2.45) is 5.73 Å². The number of hydrogen-bond donors (Lipinski definition) is 2. The number of primary amides is 1. The predicted molar refractivity (Wildman–Crippen MR) is 58.2 cm³/mol. The molecule has 3 N–H and O–H groups in total. The van der Waals surface area contributed by atoms with Crippen LogP contribution in [0.2, 0.25) is 0 Å². The number of amides is 1. The highest BCUT2D eigenvalue weighted by molar-refractivity contribution is 7.89. The van der Waals surface area contributed by atoms with Crippen molar-refractivity contribution in [3.63, 3.8) is 0 Å². The van der Waals surface area contributed by atoms with Crippen LogP contribution in [0.25, 0.3) is 0 Å². The minimum atomic E-state index is -3.80. The Morgan fingerprint density at radius 3 is 2.62 bits per heavy atom. The molecule has 0 fully saturated rings. The number of nitrogens with zero attached hydrogens (tertiary/aromatic N) is 1. The van der Waals surface area contributed by atoms with Crippen molar-refractivity contribution in [1.82, 2.24) is 9.71 Å². The van der Waals surface area contributed by atoms with Crippen LogP contribution in [0.15, 0.2) is 23.4 Å². The van der Waals surface area contributed by atoms with Crippen LogP contribution >= 0.6 is 0 Å². The lowest BCUT2D eigenvalue weighted by Crippen LogP contribution is -2.32. The molecule has 88 valence electrons. The summed E-state index contributed by atoms with van der Waals surface area (Å²) in [4.78, 5) is 14.7. The van der Waals surface area contributed by atoms with E-state index in [9.17, 15) is 13.2 Å². The van der Waals surface area contributed by atoms with Crippen LogP contribution < -0.4 is 10.5 Å². The first-order chi connectivity index (χ1) is 7.34. The molecular formula is C9H13N3O3S. The van der Waals surface area contributed by atoms with Gasteiger partial charge in [0, 0.05) is 12.2 Å². The van der Waals surface area contributed by atoms with Gasteiger partial charge in [-0.1, -0.05) is 0 Å². The summed E-state index contributed by atoms with van der Waals surface area (Å²) in [5.74, 6) is -0.822. The van der Waals surface area contributed by atoms with E-state index in [-0.39, 0.29) is 16.6 Å². The molecule has 0 spiro atoms. The summed E-state index contributed by atoms with van der Waals surface area (Å²) < 4.78 is 25.9. The Hall–Kier alpha value is -1.47. The van der Waals surface area contributed by atoms with Gasteiger partial charge in [-0.2, -0.15) is 0 Å². The van der Waals surface area contributed by atoms with Crippen molar-refractivity contribution in [3.8, 4) is 0 Å². The molecule has 1 aromatic rings.